The number of primary amides is 1. The predicted molar refractivity (Wildman–Crippen MR) is 89.7 cm³/mol. The quantitative estimate of drug-likeness (QED) is 0.933. The van der Waals surface area contributed by atoms with E-state index in [1.165, 1.54) is 6.42 Å². The van der Waals surface area contributed by atoms with E-state index in [-0.39, 0.29) is 11.9 Å². The van der Waals surface area contributed by atoms with Crippen molar-refractivity contribution in [3.8, 4) is 11.6 Å². The van der Waals surface area contributed by atoms with Gasteiger partial charge in [0.25, 0.3) is 0 Å². The van der Waals surface area contributed by atoms with Crippen molar-refractivity contribution in [3.63, 3.8) is 0 Å². The number of rotatable bonds is 4. The van der Waals surface area contributed by atoms with Crippen LogP contribution in [-0.4, -0.2) is 28.5 Å². The summed E-state index contributed by atoms with van der Waals surface area (Å²) in [5.74, 6) is 2.23. The zero-order chi connectivity index (χ0) is 16.5. The molecule has 2 aromatic rings. The van der Waals surface area contributed by atoms with Crippen molar-refractivity contribution in [3.05, 3.63) is 42.6 Å². The number of anilines is 1. The minimum atomic E-state index is -0.315. The Bertz CT molecular complexity index is 737. The second-order valence-electron chi connectivity index (χ2n) is 6.46. The van der Waals surface area contributed by atoms with E-state index in [0.29, 0.717) is 29.4 Å². The fraction of sp³-hybridized carbons (Fsp3) is 0.389. The number of aromatic nitrogens is 2. The monoisotopic (exact) mass is 324 g/mol. The Kier molecular flexibility index (Phi) is 3.80. The molecule has 1 aliphatic carbocycles. The van der Waals surface area contributed by atoms with Crippen LogP contribution in [0.3, 0.4) is 0 Å². The summed E-state index contributed by atoms with van der Waals surface area (Å²) in [6.45, 7) is 0.785. The van der Waals surface area contributed by atoms with Crippen molar-refractivity contribution in [2.75, 3.05) is 11.4 Å². The summed E-state index contributed by atoms with van der Waals surface area (Å²) in [5, 5.41) is 0. The third-order valence-electron chi connectivity index (χ3n) is 5.02. The number of fused-ring (bicyclic) bond motifs is 1. The average Bonchev–Trinajstić information content (AvgIpc) is 3.16. The first kappa shape index (κ1) is 14.9. The lowest BCUT2D eigenvalue weighted by atomic mass is 9.94. The van der Waals surface area contributed by atoms with Crippen LogP contribution in [-0.2, 0) is 4.79 Å². The molecule has 0 unspecified atom stereocenters. The van der Waals surface area contributed by atoms with Gasteiger partial charge >= 0.3 is 0 Å². The van der Waals surface area contributed by atoms with Crippen LogP contribution in [0.25, 0.3) is 0 Å². The first-order valence-corrected chi connectivity index (χ1v) is 8.34. The van der Waals surface area contributed by atoms with Crippen LogP contribution in [0.1, 0.15) is 19.3 Å². The van der Waals surface area contributed by atoms with Crippen LogP contribution in [0, 0.1) is 11.8 Å². The molecule has 4 rings (SSSR count). The third-order valence-corrected chi connectivity index (χ3v) is 5.02. The molecule has 0 bridgehead atoms. The Morgan fingerprint density at radius 2 is 2.04 bits per heavy atom. The highest BCUT2D eigenvalue weighted by molar-refractivity contribution is 5.84. The normalized spacial score (nSPS) is 25.5. The van der Waals surface area contributed by atoms with Gasteiger partial charge in [0.1, 0.15) is 11.8 Å². The van der Waals surface area contributed by atoms with E-state index in [1.54, 1.807) is 12.3 Å². The van der Waals surface area contributed by atoms with Crippen LogP contribution in [0.2, 0.25) is 0 Å². The predicted octanol–water partition coefficient (Wildman–Crippen LogP) is 2.36. The summed E-state index contributed by atoms with van der Waals surface area (Å²) in [7, 11) is 0. The van der Waals surface area contributed by atoms with Gasteiger partial charge in [-0.1, -0.05) is 24.6 Å². The van der Waals surface area contributed by atoms with E-state index < -0.39 is 0 Å². The van der Waals surface area contributed by atoms with Crippen LogP contribution >= 0.6 is 0 Å². The lowest BCUT2D eigenvalue weighted by Crippen LogP contribution is -2.44. The lowest BCUT2D eigenvalue weighted by molar-refractivity contribution is -0.120. The van der Waals surface area contributed by atoms with Gasteiger partial charge in [-0.05, 0) is 36.8 Å². The van der Waals surface area contributed by atoms with E-state index in [0.717, 1.165) is 19.4 Å². The third kappa shape index (κ3) is 2.68. The van der Waals surface area contributed by atoms with Crippen LogP contribution in [0.5, 0.6) is 11.6 Å². The van der Waals surface area contributed by atoms with Crippen molar-refractivity contribution in [1.29, 1.82) is 0 Å². The van der Waals surface area contributed by atoms with Gasteiger partial charge in [-0.15, -0.1) is 0 Å². The lowest BCUT2D eigenvalue weighted by Gasteiger charge is -2.25. The second-order valence-corrected chi connectivity index (χ2v) is 6.46. The Morgan fingerprint density at radius 1 is 1.21 bits per heavy atom. The second kappa shape index (κ2) is 6.11. The molecule has 2 fully saturated rings. The number of para-hydroxylation sites is 1. The molecule has 1 aromatic carbocycles. The molecule has 24 heavy (non-hydrogen) atoms. The molecule has 6 heteroatoms. The molecule has 1 saturated heterocycles. The fourth-order valence-electron chi connectivity index (χ4n) is 4.01. The average molecular weight is 324 g/mol. The van der Waals surface area contributed by atoms with Gasteiger partial charge in [0.05, 0.1) is 0 Å². The van der Waals surface area contributed by atoms with E-state index in [1.807, 2.05) is 35.2 Å². The van der Waals surface area contributed by atoms with Gasteiger partial charge in [0, 0.05) is 18.8 Å². The fourth-order valence-corrected chi connectivity index (χ4v) is 4.01. The van der Waals surface area contributed by atoms with Gasteiger partial charge < -0.3 is 15.4 Å². The Labute approximate surface area is 140 Å². The number of nitrogens with two attached hydrogens (primary N) is 1. The summed E-state index contributed by atoms with van der Waals surface area (Å²) in [5.41, 5.74) is 5.68. The minimum Gasteiger partial charge on any atom is -0.439 e. The zero-order valence-electron chi connectivity index (χ0n) is 13.3. The highest BCUT2D eigenvalue weighted by Crippen LogP contribution is 2.43. The summed E-state index contributed by atoms with van der Waals surface area (Å²) in [4.78, 5) is 22.8. The minimum absolute atomic E-state index is 0.289. The standard InChI is InChI=1S/C18H20N4O2/c19-17(23)16-14-8-4-5-12(14)11-22(16)18-20-10-9-15(21-18)24-13-6-2-1-3-7-13/h1-3,6-7,9-10,12,14,16H,4-5,8,11H2,(H2,19,23)/t12-,14+,16+/m1/s1. The molecule has 0 spiro atoms. The highest BCUT2D eigenvalue weighted by Gasteiger charge is 2.47. The summed E-state index contributed by atoms with van der Waals surface area (Å²) in [6.07, 6.45) is 5.03. The van der Waals surface area contributed by atoms with Crippen molar-refractivity contribution in [2.24, 2.45) is 17.6 Å². The molecule has 2 heterocycles. The number of hydrogen-bond donors (Lipinski definition) is 1. The number of carbonyl (C=O) groups is 1. The summed E-state index contributed by atoms with van der Waals surface area (Å²) < 4.78 is 5.77. The largest absolute Gasteiger partial charge is 0.439 e. The Balaban J connectivity index is 1.60. The van der Waals surface area contributed by atoms with Gasteiger partial charge in [0.2, 0.25) is 17.7 Å². The van der Waals surface area contributed by atoms with Gasteiger partial charge in [-0.25, -0.2) is 4.98 Å². The Morgan fingerprint density at radius 3 is 2.83 bits per heavy atom. The van der Waals surface area contributed by atoms with E-state index >= 15 is 0 Å². The molecule has 1 saturated carbocycles. The van der Waals surface area contributed by atoms with Gasteiger partial charge in [-0.3, -0.25) is 4.79 Å². The first-order valence-electron chi connectivity index (χ1n) is 8.34. The zero-order valence-corrected chi connectivity index (χ0v) is 13.3. The molecule has 3 atom stereocenters. The maximum Gasteiger partial charge on any atom is 0.240 e. The van der Waals surface area contributed by atoms with Crippen molar-refractivity contribution in [2.45, 2.75) is 25.3 Å². The number of hydrogen-bond acceptors (Lipinski definition) is 5. The van der Waals surface area contributed by atoms with Crippen LogP contribution < -0.4 is 15.4 Å². The maximum atomic E-state index is 12.0. The maximum absolute atomic E-state index is 12.0. The molecular weight excluding hydrogens is 304 g/mol. The van der Waals surface area contributed by atoms with Crippen molar-refractivity contribution < 1.29 is 9.53 Å². The van der Waals surface area contributed by atoms with Crippen molar-refractivity contribution in [1.82, 2.24) is 9.97 Å². The first-order chi connectivity index (χ1) is 11.7. The highest BCUT2D eigenvalue weighted by atomic mass is 16.5. The Hall–Kier alpha value is -2.63. The van der Waals surface area contributed by atoms with Crippen molar-refractivity contribution >= 4 is 11.9 Å². The molecule has 124 valence electrons. The summed E-state index contributed by atoms with van der Waals surface area (Å²) in [6, 6.07) is 10.9. The number of amides is 1. The van der Waals surface area contributed by atoms with Gasteiger partial charge in [-0.2, -0.15) is 4.98 Å². The van der Waals surface area contributed by atoms with E-state index in [2.05, 4.69) is 9.97 Å². The summed E-state index contributed by atoms with van der Waals surface area (Å²) >= 11 is 0. The molecule has 0 radical (unpaired) electrons. The molecule has 2 N–H and O–H groups in total. The number of benzene rings is 1. The molecular formula is C18H20N4O2. The molecule has 1 amide bonds. The molecule has 6 nitrogen and oxygen atoms in total. The smallest absolute Gasteiger partial charge is 0.240 e. The van der Waals surface area contributed by atoms with Crippen LogP contribution in [0.4, 0.5) is 5.95 Å². The molecule has 1 aromatic heterocycles. The van der Waals surface area contributed by atoms with E-state index in [9.17, 15) is 4.79 Å². The number of carbonyl (C=O) groups excluding carboxylic acids is 1. The molecule has 2 aliphatic rings. The topological polar surface area (TPSA) is 81.3 Å². The number of ether oxygens (including phenoxy) is 1. The number of nitrogens with zero attached hydrogens (tertiary/aromatic N) is 3. The van der Waals surface area contributed by atoms with E-state index in [4.69, 9.17) is 10.5 Å². The SMILES string of the molecule is NC(=O)[C@@H]1[C@H]2CCC[C@@H]2CN1c1nccc(Oc2ccccc2)n1. The van der Waals surface area contributed by atoms with Crippen LogP contribution in [0.15, 0.2) is 42.6 Å². The van der Waals surface area contributed by atoms with Gasteiger partial charge in [0.15, 0.2) is 0 Å². The molecule has 1 aliphatic heterocycles.